The highest BCUT2D eigenvalue weighted by atomic mass is 127. The molecule has 1 fully saturated rings. The fourth-order valence-electron chi connectivity index (χ4n) is 3.91. The molecule has 158 valence electrons. The van der Waals surface area contributed by atoms with E-state index in [2.05, 4.69) is 61.7 Å². The van der Waals surface area contributed by atoms with Crippen LogP contribution in [-0.4, -0.2) is 45.8 Å². The van der Waals surface area contributed by atoms with Crippen molar-refractivity contribution >= 4 is 29.9 Å². The molecule has 1 aromatic carbocycles. The Bertz CT molecular complexity index is 918. The van der Waals surface area contributed by atoms with Crippen LogP contribution in [0.15, 0.2) is 72.1 Å². The molecule has 3 aromatic rings. The average molecular weight is 516 g/mol. The van der Waals surface area contributed by atoms with Gasteiger partial charge in [-0.05, 0) is 54.5 Å². The number of piperidine rings is 1. The molecule has 1 aliphatic heterocycles. The van der Waals surface area contributed by atoms with Crippen LogP contribution in [0.25, 0.3) is 5.82 Å². The number of nitrogens with one attached hydrogen (secondary N) is 1. The number of halogens is 1. The quantitative estimate of drug-likeness (QED) is 0.318. The minimum atomic E-state index is 0. The van der Waals surface area contributed by atoms with Crippen LogP contribution in [0.2, 0.25) is 0 Å². The van der Waals surface area contributed by atoms with E-state index in [-0.39, 0.29) is 24.0 Å². The third-order valence-electron chi connectivity index (χ3n) is 5.49. The first kappa shape index (κ1) is 22.3. The molecule has 7 heteroatoms. The maximum absolute atomic E-state index is 4.51. The number of hydrogen-bond acceptors (Lipinski definition) is 3. The molecule has 0 bridgehead atoms. The summed E-state index contributed by atoms with van der Waals surface area (Å²) >= 11 is 0. The Labute approximate surface area is 195 Å². The molecule has 1 aliphatic rings. The molecule has 0 aliphatic carbocycles. The van der Waals surface area contributed by atoms with Crippen LogP contribution in [0.1, 0.15) is 24.0 Å². The first-order chi connectivity index (χ1) is 14.3. The summed E-state index contributed by atoms with van der Waals surface area (Å²) in [5.74, 6) is 2.55. The maximum atomic E-state index is 4.51. The van der Waals surface area contributed by atoms with E-state index in [1.54, 1.807) is 10.9 Å². The van der Waals surface area contributed by atoms with E-state index >= 15 is 0 Å². The number of likely N-dealkylation sites (tertiary alicyclic amines) is 1. The molecule has 3 heterocycles. The molecule has 0 amide bonds. The highest BCUT2D eigenvalue weighted by Crippen LogP contribution is 2.21. The van der Waals surface area contributed by atoms with Gasteiger partial charge in [-0.3, -0.25) is 4.99 Å². The number of guanidine groups is 1. The summed E-state index contributed by atoms with van der Waals surface area (Å²) in [7, 11) is 1.86. The van der Waals surface area contributed by atoms with E-state index in [4.69, 9.17) is 0 Å². The second-order valence-corrected chi connectivity index (χ2v) is 7.49. The van der Waals surface area contributed by atoms with Crippen LogP contribution in [0.5, 0.6) is 0 Å². The zero-order chi connectivity index (χ0) is 19.9. The fraction of sp³-hybridized carbons (Fsp3) is 0.348. The smallest absolute Gasteiger partial charge is 0.193 e. The van der Waals surface area contributed by atoms with Crippen LogP contribution < -0.4 is 5.32 Å². The Hall–Kier alpha value is -2.42. The Balaban J connectivity index is 0.00000256. The number of pyridine rings is 1. The summed E-state index contributed by atoms with van der Waals surface area (Å²) in [4.78, 5) is 11.3. The number of benzene rings is 1. The van der Waals surface area contributed by atoms with E-state index in [1.807, 2.05) is 31.6 Å². The third-order valence-corrected chi connectivity index (χ3v) is 5.49. The SMILES string of the molecule is CN=C(NCc1ccnc(-n2cccn2)c1)N1CCC(Cc2ccccc2)CC1.I. The van der Waals surface area contributed by atoms with Gasteiger partial charge in [-0.25, -0.2) is 9.67 Å². The molecule has 0 radical (unpaired) electrons. The first-order valence-corrected chi connectivity index (χ1v) is 10.3. The van der Waals surface area contributed by atoms with Gasteiger partial charge in [0.15, 0.2) is 11.8 Å². The summed E-state index contributed by atoms with van der Waals surface area (Å²) < 4.78 is 1.77. The van der Waals surface area contributed by atoms with E-state index in [0.717, 1.165) is 36.3 Å². The summed E-state index contributed by atoms with van der Waals surface area (Å²) in [6.45, 7) is 2.81. The molecule has 1 N–H and O–H groups in total. The summed E-state index contributed by atoms with van der Waals surface area (Å²) in [6, 6.07) is 16.8. The molecule has 0 unspecified atom stereocenters. The molecular formula is C23H29IN6. The molecule has 4 rings (SSSR count). The van der Waals surface area contributed by atoms with Gasteiger partial charge in [-0.15, -0.1) is 24.0 Å². The monoisotopic (exact) mass is 516 g/mol. The van der Waals surface area contributed by atoms with E-state index in [1.165, 1.54) is 24.8 Å². The molecule has 30 heavy (non-hydrogen) atoms. The summed E-state index contributed by atoms with van der Waals surface area (Å²) in [6.07, 6.45) is 9.07. The van der Waals surface area contributed by atoms with Gasteiger partial charge >= 0.3 is 0 Å². The molecule has 0 atom stereocenters. The van der Waals surface area contributed by atoms with Gasteiger partial charge in [0.1, 0.15) is 0 Å². The van der Waals surface area contributed by atoms with Gasteiger partial charge in [0.25, 0.3) is 0 Å². The van der Waals surface area contributed by atoms with E-state index in [0.29, 0.717) is 6.54 Å². The number of aliphatic imine (C=N–C) groups is 1. The zero-order valence-corrected chi connectivity index (χ0v) is 19.6. The number of aromatic nitrogens is 3. The lowest BCUT2D eigenvalue weighted by Gasteiger charge is -2.34. The van der Waals surface area contributed by atoms with Crippen molar-refractivity contribution in [1.29, 1.82) is 0 Å². The minimum Gasteiger partial charge on any atom is -0.352 e. The van der Waals surface area contributed by atoms with Crippen LogP contribution in [0.4, 0.5) is 0 Å². The van der Waals surface area contributed by atoms with Crippen molar-refractivity contribution in [2.75, 3.05) is 20.1 Å². The number of hydrogen-bond donors (Lipinski definition) is 1. The molecular weight excluding hydrogens is 487 g/mol. The average Bonchev–Trinajstić information content (AvgIpc) is 3.31. The number of rotatable bonds is 5. The Kier molecular flexibility index (Phi) is 8.24. The standard InChI is InChI=1S/C23H28N6.HI/c1-24-23(26-18-21-8-12-25-22(17-21)29-13-5-11-27-29)28-14-9-20(10-15-28)16-19-6-3-2-4-7-19;/h2-8,11-13,17,20H,9-10,14-16,18H2,1H3,(H,24,26);1H. The van der Waals surface area contributed by atoms with Crippen LogP contribution in [-0.2, 0) is 13.0 Å². The maximum Gasteiger partial charge on any atom is 0.193 e. The Morgan fingerprint density at radius 3 is 2.57 bits per heavy atom. The van der Waals surface area contributed by atoms with Crippen molar-refractivity contribution in [2.45, 2.75) is 25.8 Å². The van der Waals surface area contributed by atoms with E-state index < -0.39 is 0 Å². The topological polar surface area (TPSA) is 58.3 Å². The van der Waals surface area contributed by atoms with Crippen molar-refractivity contribution < 1.29 is 0 Å². The lowest BCUT2D eigenvalue weighted by molar-refractivity contribution is 0.259. The third kappa shape index (κ3) is 5.81. The van der Waals surface area contributed by atoms with Gasteiger partial charge in [-0.2, -0.15) is 5.10 Å². The van der Waals surface area contributed by atoms with Crippen molar-refractivity contribution in [2.24, 2.45) is 10.9 Å². The molecule has 6 nitrogen and oxygen atoms in total. The fourth-order valence-corrected chi connectivity index (χ4v) is 3.91. The second-order valence-electron chi connectivity index (χ2n) is 7.49. The van der Waals surface area contributed by atoms with Crippen LogP contribution >= 0.6 is 24.0 Å². The Morgan fingerprint density at radius 1 is 1.07 bits per heavy atom. The van der Waals surface area contributed by atoms with Crippen molar-refractivity contribution in [3.05, 3.63) is 78.2 Å². The molecule has 0 spiro atoms. The molecule has 1 saturated heterocycles. The largest absolute Gasteiger partial charge is 0.352 e. The van der Waals surface area contributed by atoms with Gasteiger partial charge in [0.2, 0.25) is 0 Å². The summed E-state index contributed by atoms with van der Waals surface area (Å²) in [5.41, 5.74) is 2.60. The predicted molar refractivity (Wildman–Crippen MR) is 131 cm³/mol. The van der Waals surface area contributed by atoms with Crippen LogP contribution in [0.3, 0.4) is 0 Å². The Morgan fingerprint density at radius 2 is 1.87 bits per heavy atom. The van der Waals surface area contributed by atoms with Gasteiger partial charge in [0, 0.05) is 45.3 Å². The molecule has 0 saturated carbocycles. The normalized spacial score (nSPS) is 15.0. The zero-order valence-electron chi connectivity index (χ0n) is 17.3. The lowest BCUT2D eigenvalue weighted by atomic mass is 9.90. The van der Waals surface area contributed by atoms with Gasteiger partial charge in [-0.1, -0.05) is 30.3 Å². The van der Waals surface area contributed by atoms with Crippen molar-refractivity contribution in [3.8, 4) is 5.82 Å². The highest BCUT2D eigenvalue weighted by Gasteiger charge is 2.21. The molecule has 2 aromatic heterocycles. The second kappa shape index (κ2) is 11.1. The van der Waals surface area contributed by atoms with Crippen molar-refractivity contribution in [3.63, 3.8) is 0 Å². The van der Waals surface area contributed by atoms with Crippen LogP contribution in [0, 0.1) is 5.92 Å². The summed E-state index contributed by atoms with van der Waals surface area (Å²) in [5, 5.41) is 7.76. The van der Waals surface area contributed by atoms with Gasteiger partial charge in [0.05, 0.1) is 0 Å². The lowest BCUT2D eigenvalue weighted by Crippen LogP contribution is -2.45. The van der Waals surface area contributed by atoms with E-state index in [9.17, 15) is 0 Å². The highest BCUT2D eigenvalue weighted by molar-refractivity contribution is 14.0. The first-order valence-electron chi connectivity index (χ1n) is 10.3. The number of nitrogens with zero attached hydrogens (tertiary/aromatic N) is 5. The predicted octanol–water partition coefficient (Wildman–Crippen LogP) is 3.92. The minimum absolute atomic E-state index is 0. The van der Waals surface area contributed by atoms with Gasteiger partial charge < -0.3 is 10.2 Å². The van der Waals surface area contributed by atoms with Crippen molar-refractivity contribution in [1.82, 2.24) is 25.0 Å².